The van der Waals surface area contributed by atoms with Gasteiger partial charge in [-0.2, -0.15) is 5.10 Å². The molecule has 18 heavy (non-hydrogen) atoms. The van der Waals surface area contributed by atoms with Crippen molar-refractivity contribution in [1.29, 1.82) is 0 Å². The van der Waals surface area contributed by atoms with Crippen molar-refractivity contribution in [3.8, 4) is 0 Å². The maximum absolute atomic E-state index is 4.40. The zero-order chi connectivity index (χ0) is 12.4. The van der Waals surface area contributed by atoms with Crippen LogP contribution in [0, 0.1) is 0 Å². The number of rotatable bonds is 4. The lowest BCUT2D eigenvalue weighted by Crippen LogP contribution is -2.22. The molecule has 3 nitrogen and oxygen atoms in total. The first kappa shape index (κ1) is 11.5. The van der Waals surface area contributed by atoms with Gasteiger partial charge in [0.25, 0.3) is 0 Å². The molecule has 1 atom stereocenters. The van der Waals surface area contributed by atoms with Gasteiger partial charge in [-0.15, -0.1) is 0 Å². The van der Waals surface area contributed by atoms with Gasteiger partial charge in [-0.1, -0.05) is 24.3 Å². The summed E-state index contributed by atoms with van der Waals surface area (Å²) in [7, 11) is 1.96. The number of aryl methyl sites for hydroxylation is 2. The number of nitrogens with zero attached hydrogens (tertiary/aromatic N) is 2. The fraction of sp³-hybridized carbons (Fsp3) is 0.400. The molecule has 1 aliphatic rings. The van der Waals surface area contributed by atoms with Gasteiger partial charge in [0.2, 0.25) is 0 Å². The van der Waals surface area contributed by atoms with Crippen molar-refractivity contribution >= 4 is 0 Å². The van der Waals surface area contributed by atoms with Crippen LogP contribution in [0.3, 0.4) is 0 Å². The molecule has 3 heteroatoms. The molecule has 0 bridgehead atoms. The predicted octanol–water partition coefficient (Wildman–Crippen LogP) is 2.24. The van der Waals surface area contributed by atoms with E-state index in [-0.39, 0.29) is 0 Å². The Kier molecular flexibility index (Phi) is 3.15. The second kappa shape index (κ2) is 4.94. The third-order valence-corrected chi connectivity index (χ3v) is 3.67. The Labute approximate surface area is 108 Å². The number of fused-ring (bicyclic) bond motifs is 1. The van der Waals surface area contributed by atoms with Crippen molar-refractivity contribution in [3.05, 3.63) is 53.3 Å². The zero-order valence-corrected chi connectivity index (χ0v) is 10.8. The lowest BCUT2D eigenvalue weighted by Gasteiger charge is -2.13. The third-order valence-electron chi connectivity index (χ3n) is 3.67. The molecular weight excluding hydrogens is 222 g/mol. The first-order valence-corrected chi connectivity index (χ1v) is 6.62. The van der Waals surface area contributed by atoms with Gasteiger partial charge in [0.05, 0.1) is 5.69 Å². The van der Waals surface area contributed by atoms with Crippen LogP contribution in [0.15, 0.2) is 36.5 Å². The van der Waals surface area contributed by atoms with E-state index >= 15 is 0 Å². The van der Waals surface area contributed by atoms with Gasteiger partial charge in [0.15, 0.2) is 0 Å². The zero-order valence-electron chi connectivity index (χ0n) is 10.8. The highest BCUT2D eigenvalue weighted by molar-refractivity contribution is 5.34. The van der Waals surface area contributed by atoms with Crippen LogP contribution in [-0.4, -0.2) is 16.3 Å². The van der Waals surface area contributed by atoms with Crippen LogP contribution < -0.4 is 5.32 Å². The van der Waals surface area contributed by atoms with Crippen molar-refractivity contribution in [2.75, 3.05) is 6.54 Å². The van der Waals surface area contributed by atoms with Gasteiger partial charge in [-0.05, 0) is 30.0 Å². The fourth-order valence-electron chi connectivity index (χ4n) is 2.74. The lowest BCUT2D eigenvalue weighted by atomic mass is 10.1. The second-order valence-corrected chi connectivity index (χ2v) is 4.97. The summed E-state index contributed by atoms with van der Waals surface area (Å²) in [5, 5.41) is 8.04. The van der Waals surface area contributed by atoms with Crippen LogP contribution in [0.2, 0.25) is 0 Å². The highest BCUT2D eigenvalue weighted by Gasteiger charge is 2.20. The van der Waals surface area contributed by atoms with Crippen molar-refractivity contribution in [2.24, 2.45) is 7.05 Å². The van der Waals surface area contributed by atoms with Gasteiger partial charge >= 0.3 is 0 Å². The molecule has 1 N–H and O–H groups in total. The lowest BCUT2D eigenvalue weighted by molar-refractivity contribution is 0.530. The summed E-state index contributed by atoms with van der Waals surface area (Å²) < 4.78 is 1.86. The molecule has 1 unspecified atom stereocenters. The predicted molar refractivity (Wildman–Crippen MR) is 72.4 cm³/mol. The van der Waals surface area contributed by atoms with Crippen molar-refractivity contribution in [2.45, 2.75) is 25.3 Å². The number of nitrogens with one attached hydrogen (secondary N) is 1. The molecular formula is C15H19N3. The largest absolute Gasteiger partial charge is 0.310 e. The minimum atomic E-state index is 0.532. The third kappa shape index (κ3) is 2.31. The highest BCUT2D eigenvalue weighted by atomic mass is 15.2. The minimum absolute atomic E-state index is 0.532. The quantitative estimate of drug-likeness (QED) is 0.889. The Morgan fingerprint density at radius 3 is 3.06 bits per heavy atom. The number of hydrogen-bond acceptors (Lipinski definition) is 2. The Bertz CT molecular complexity index is 530. The van der Waals surface area contributed by atoms with Crippen LogP contribution in [0.5, 0.6) is 0 Å². The van der Waals surface area contributed by atoms with Crippen LogP contribution in [0.1, 0.15) is 29.3 Å². The molecule has 3 rings (SSSR count). The average molecular weight is 241 g/mol. The van der Waals surface area contributed by atoms with E-state index in [1.807, 2.05) is 17.9 Å². The SMILES string of the molecule is Cn1ccc(CCNC2CCc3ccccc32)n1. The number of hydrogen-bond donors (Lipinski definition) is 1. The van der Waals surface area contributed by atoms with E-state index in [1.165, 1.54) is 24.0 Å². The van der Waals surface area contributed by atoms with E-state index in [0.717, 1.165) is 18.7 Å². The molecule has 0 fully saturated rings. The molecule has 1 aromatic heterocycles. The second-order valence-electron chi connectivity index (χ2n) is 4.97. The monoisotopic (exact) mass is 241 g/mol. The fourth-order valence-corrected chi connectivity index (χ4v) is 2.74. The molecule has 0 aliphatic heterocycles. The molecule has 0 saturated heterocycles. The highest BCUT2D eigenvalue weighted by Crippen LogP contribution is 2.30. The van der Waals surface area contributed by atoms with Crippen LogP contribution in [0.4, 0.5) is 0 Å². The van der Waals surface area contributed by atoms with Crippen molar-refractivity contribution in [3.63, 3.8) is 0 Å². The van der Waals surface area contributed by atoms with E-state index in [1.54, 1.807) is 0 Å². The summed E-state index contributed by atoms with van der Waals surface area (Å²) in [6.45, 7) is 0.996. The average Bonchev–Trinajstić information content (AvgIpc) is 2.97. The Morgan fingerprint density at radius 2 is 2.22 bits per heavy atom. The van der Waals surface area contributed by atoms with Crippen molar-refractivity contribution < 1.29 is 0 Å². The summed E-state index contributed by atoms with van der Waals surface area (Å²) in [6, 6.07) is 11.4. The Balaban J connectivity index is 1.56. The molecule has 0 saturated carbocycles. The van der Waals surface area contributed by atoms with E-state index in [2.05, 4.69) is 40.7 Å². The smallest absolute Gasteiger partial charge is 0.0637 e. The Hall–Kier alpha value is -1.61. The molecule has 0 spiro atoms. The van der Waals surface area contributed by atoms with E-state index in [4.69, 9.17) is 0 Å². The van der Waals surface area contributed by atoms with Crippen LogP contribution in [0.25, 0.3) is 0 Å². The van der Waals surface area contributed by atoms with Crippen LogP contribution in [-0.2, 0) is 19.9 Å². The first-order valence-electron chi connectivity index (χ1n) is 6.62. The normalized spacial score (nSPS) is 17.9. The van der Waals surface area contributed by atoms with E-state index in [9.17, 15) is 0 Å². The molecule has 94 valence electrons. The number of aromatic nitrogens is 2. The van der Waals surface area contributed by atoms with Gasteiger partial charge in [0, 0.05) is 32.3 Å². The van der Waals surface area contributed by atoms with E-state index in [0.29, 0.717) is 6.04 Å². The molecule has 0 radical (unpaired) electrons. The maximum Gasteiger partial charge on any atom is 0.0637 e. The number of benzene rings is 1. The van der Waals surface area contributed by atoms with Gasteiger partial charge in [-0.25, -0.2) is 0 Å². The standard InChI is InChI=1S/C15H19N3/c1-18-11-9-13(17-18)8-10-16-15-7-6-12-4-2-3-5-14(12)15/h2-5,9,11,15-16H,6-8,10H2,1H3. The van der Waals surface area contributed by atoms with E-state index < -0.39 is 0 Å². The molecule has 2 aromatic rings. The summed E-state index contributed by atoms with van der Waals surface area (Å²) >= 11 is 0. The maximum atomic E-state index is 4.40. The summed E-state index contributed by atoms with van der Waals surface area (Å²) in [6.07, 6.45) is 5.43. The summed E-state index contributed by atoms with van der Waals surface area (Å²) in [5.74, 6) is 0. The molecule has 1 aliphatic carbocycles. The summed E-state index contributed by atoms with van der Waals surface area (Å²) in [4.78, 5) is 0. The molecule has 0 amide bonds. The van der Waals surface area contributed by atoms with Crippen molar-refractivity contribution in [1.82, 2.24) is 15.1 Å². The molecule has 1 aromatic carbocycles. The topological polar surface area (TPSA) is 29.9 Å². The molecule has 1 heterocycles. The summed E-state index contributed by atoms with van der Waals surface area (Å²) in [5.41, 5.74) is 4.16. The van der Waals surface area contributed by atoms with Gasteiger partial charge in [0.1, 0.15) is 0 Å². The minimum Gasteiger partial charge on any atom is -0.310 e. The first-order chi connectivity index (χ1) is 8.83. The van der Waals surface area contributed by atoms with Gasteiger partial charge in [-0.3, -0.25) is 4.68 Å². The van der Waals surface area contributed by atoms with Gasteiger partial charge < -0.3 is 5.32 Å². The van der Waals surface area contributed by atoms with Crippen LogP contribution >= 0.6 is 0 Å². The Morgan fingerprint density at radius 1 is 1.33 bits per heavy atom.